The predicted octanol–water partition coefficient (Wildman–Crippen LogP) is 3.30. The number of amides is 2. The lowest BCUT2D eigenvalue weighted by Gasteiger charge is -2.15. The van der Waals surface area contributed by atoms with Crippen molar-refractivity contribution in [2.45, 2.75) is 19.3 Å². The summed E-state index contributed by atoms with van der Waals surface area (Å²) in [6.07, 6.45) is 4.07. The first-order valence-electron chi connectivity index (χ1n) is 11.0. The molecule has 8 nitrogen and oxygen atoms in total. The van der Waals surface area contributed by atoms with Gasteiger partial charge in [0.25, 0.3) is 5.91 Å². The van der Waals surface area contributed by atoms with E-state index in [1.54, 1.807) is 37.2 Å². The molecule has 0 unspecified atom stereocenters. The van der Waals surface area contributed by atoms with Gasteiger partial charge in [-0.05, 0) is 37.1 Å². The van der Waals surface area contributed by atoms with Crippen LogP contribution in [0.5, 0.6) is 11.5 Å². The molecule has 0 saturated carbocycles. The topological polar surface area (TPSA) is 85.7 Å². The number of hydrogen-bond donors (Lipinski definition) is 1. The van der Waals surface area contributed by atoms with E-state index in [2.05, 4.69) is 5.32 Å². The van der Waals surface area contributed by atoms with E-state index < -0.39 is 0 Å². The molecule has 1 aromatic heterocycles. The van der Waals surface area contributed by atoms with E-state index >= 15 is 0 Å². The van der Waals surface area contributed by atoms with Crippen molar-refractivity contribution in [2.24, 2.45) is 0 Å². The Balaban J connectivity index is 1.61. The number of nitrogens with one attached hydrogen (secondary N) is 1. The van der Waals surface area contributed by atoms with E-state index in [0.717, 1.165) is 31.6 Å². The highest BCUT2D eigenvalue weighted by Gasteiger charge is 2.22. The number of rotatable bonds is 8. The zero-order chi connectivity index (χ0) is 23.2. The summed E-state index contributed by atoms with van der Waals surface area (Å²) >= 11 is 0. The van der Waals surface area contributed by atoms with Crippen LogP contribution < -0.4 is 14.8 Å². The summed E-state index contributed by atoms with van der Waals surface area (Å²) in [5.74, 6) is 0.972. The lowest BCUT2D eigenvalue weighted by Crippen LogP contribution is -2.32. The number of carbonyl (C=O) groups is 2. The average molecular weight is 449 g/mol. The summed E-state index contributed by atoms with van der Waals surface area (Å²) in [4.78, 5) is 27.3. The Bertz CT molecular complexity index is 1120. The van der Waals surface area contributed by atoms with E-state index in [0.29, 0.717) is 28.3 Å². The first-order chi connectivity index (χ1) is 16.1. The van der Waals surface area contributed by atoms with E-state index in [4.69, 9.17) is 14.6 Å². The van der Waals surface area contributed by atoms with E-state index in [9.17, 15) is 9.59 Å². The maximum absolute atomic E-state index is 13.2. The van der Waals surface area contributed by atoms with Gasteiger partial charge >= 0.3 is 0 Å². The lowest BCUT2D eigenvalue weighted by molar-refractivity contribution is -0.129. The van der Waals surface area contributed by atoms with Gasteiger partial charge in [-0.3, -0.25) is 9.59 Å². The normalized spacial score (nSPS) is 13.1. The van der Waals surface area contributed by atoms with Crippen molar-refractivity contribution in [3.05, 3.63) is 60.3 Å². The van der Waals surface area contributed by atoms with Crippen LogP contribution in [0.2, 0.25) is 0 Å². The van der Waals surface area contributed by atoms with Crippen molar-refractivity contribution >= 4 is 11.8 Å². The molecule has 0 aliphatic carbocycles. The first-order valence-corrected chi connectivity index (χ1v) is 11.0. The third-order valence-electron chi connectivity index (χ3n) is 5.73. The van der Waals surface area contributed by atoms with Crippen molar-refractivity contribution in [2.75, 3.05) is 33.9 Å². The summed E-state index contributed by atoms with van der Waals surface area (Å²) in [5, 5.41) is 7.58. The predicted molar refractivity (Wildman–Crippen MR) is 125 cm³/mol. The Labute approximate surface area is 193 Å². The fraction of sp³-hybridized carbons (Fsp3) is 0.320. The maximum Gasteiger partial charge on any atom is 0.255 e. The number of likely N-dealkylation sites (tertiary alicyclic amines) is 1. The summed E-state index contributed by atoms with van der Waals surface area (Å²) in [6.45, 7) is 1.87. The molecule has 2 heterocycles. The third-order valence-corrected chi connectivity index (χ3v) is 5.73. The molecule has 1 fully saturated rings. The van der Waals surface area contributed by atoms with Crippen LogP contribution in [0.1, 0.15) is 29.6 Å². The molecule has 172 valence electrons. The molecule has 0 atom stereocenters. The van der Waals surface area contributed by atoms with Gasteiger partial charge in [0.15, 0.2) is 0 Å². The zero-order valence-electron chi connectivity index (χ0n) is 18.9. The fourth-order valence-corrected chi connectivity index (χ4v) is 3.95. The van der Waals surface area contributed by atoms with Gasteiger partial charge < -0.3 is 19.7 Å². The van der Waals surface area contributed by atoms with Crippen molar-refractivity contribution in [3.8, 4) is 28.4 Å². The number of benzene rings is 2. The Morgan fingerprint density at radius 2 is 1.79 bits per heavy atom. The minimum Gasteiger partial charge on any atom is -0.497 e. The molecule has 2 aromatic carbocycles. The summed E-state index contributed by atoms with van der Waals surface area (Å²) in [6, 6.07) is 15.0. The average Bonchev–Trinajstić information content (AvgIpc) is 3.55. The SMILES string of the molecule is COc1ccc(-c2nn(-c3ccccc3)cc2C(=O)NCCC(=O)N2CCCC2)c(OC)c1. The van der Waals surface area contributed by atoms with Crippen LogP contribution in [-0.4, -0.2) is 60.3 Å². The minimum atomic E-state index is -0.292. The molecule has 1 aliphatic rings. The van der Waals surface area contributed by atoms with Crippen LogP contribution in [0.4, 0.5) is 0 Å². The molecule has 0 spiro atoms. The summed E-state index contributed by atoms with van der Waals surface area (Å²) in [7, 11) is 3.15. The van der Waals surface area contributed by atoms with Crippen LogP contribution in [-0.2, 0) is 4.79 Å². The molecule has 8 heteroatoms. The second-order valence-corrected chi connectivity index (χ2v) is 7.83. The molecule has 2 amide bonds. The second-order valence-electron chi connectivity index (χ2n) is 7.83. The molecule has 0 radical (unpaired) electrons. The Kier molecular flexibility index (Phi) is 6.92. The summed E-state index contributed by atoms with van der Waals surface area (Å²) in [5.41, 5.74) is 2.39. The van der Waals surface area contributed by atoms with Gasteiger partial charge in [0.05, 0.1) is 25.5 Å². The molecule has 0 bridgehead atoms. The number of para-hydroxylation sites is 1. The smallest absolute Gasteiger partial charge is 0.255 e. The van der Waals surface area contributed by atoms with Crippen molar-refractivity contribution in [3.63, 3.8) is 0 Å². The monoisotopic (exact) mass is 448 g/mol. The molecule has 4 rings (SSSR count). The highest BCUT2D eigenvalue weighted by Crippen LogP contribution is 2.34. The lowest BCUT2D eigenvalue weighted by atomic mass is 10.1. The van der Waals surface area contributed by atoms with Gasteiger partial charge in [-0.2, -0.15) is 5.10 Å². The molecule has 1 saturated heterocycles. The van der Waals surface area contributed by atoms with E-state index in [-0.39, 0.29) is 24.8 Å². The Morgan fingerprint density at radius 3 is 2.48 bits per heavy atom. The number of hydrogen-bond acceptors (Lipinski definition) is 5. The molecule has 3 aromatic rings. The van der Waals surface area contributed by atoms with Crippen molar-refractivity contribution in [1.82, 2.24) is 20.0 Å². The van der Waals surface area contributed by atoms with Gasteiger partial charge in [0, 0.05) is 43.9 Å². The van der Waals surface area contributed by atoms with Gasteiger partial charge in [0.1, 0.15) is 17.2 Å². The van der Waals surface area contributed by atoms with Crippen LogP contribution in [0.3, 0.4) is 0 Å². The minimum absolute atomic E-state index is 0.0739. The van der Waals surface area contributed by atoms with E-state index in [1.165, 1.54) is 0 Å². The summed E-state index contributed by atoms with van der Waals surface area (Å²) < 4.78 is 12.5. The molecule has 33 heavy (non-hydrogen) atoms. The molecule has 1 N–H and O–H groups in total. The van der Waals surface area contributed by atoms with Gasteiger partial charge in [0.2, 0.25) is 5.91 Å². The molecular formula is C25H28N4O4. The number of ether oxygens (including phenoxy) is 2. The Morgan fingerprint density at radius 1 is 1.03 bits per heavy atom. The van der Waals surface area contributed by atoms with Crippen LogP contribution in [0, 0.1) is 0 Å². The Hall–Kier alpha value is -3.81. The van der Waals surface area contributed by atoms with E-state index in [1.807, 2.05) is 41.3 Å². The van der Waals surface area contributed by atoms with Gasteiger partial charge in [-0.1, -0.05) is 18.2 Å². The zero-order valence-corrected chi connectivity index (χ0v) is 18.9. The maximum atomic E-state index is 13.2. The van der Waals surface area contributed by atoms with Crippen LogP contribution in [0.15, 0.2) is 54.7 Å². The largest absolute Gasteiger partial charge is 0.497 e. The fourth-order valence-electron chi connectivity index (χ4n) is 3.95. The molecule has 1 aliphatic heterocycles. The highest BCUT2D eigenvalue weighted by atomic mass is 16.5. The molecular weight excluding hydrogens is 420 g/mol. The second kappa shape index (κ2) is 10.2. The standard InChI is InChI=1S/C25H28N4O4/c1-32-19-10-11-20(22(16-19)33-2)24-21(17-29(27-24)18-8-4-3-5-9-18)25(31)26-13-12-23(30)28-14-6-7-15-28/h3-5,8-11,16-17H,6-7,12-15H2,1-2H3,(H,26,31). The van der Waals surface area contributed by atoms with Crippen molar-refractivity contribution in [1.29, 1.82) is 0 Å². The third kappa shape index (κ3) is 5.00. The highest BCUT2D eigenvalue weighted by molar-refractivity contribution is 6.00. The first kappa shape index (κ1) is 22.4. The van der Waals surface area contributed by atoms with Crippen molar-refractivity contribution < 1.29 is 19.1 Å². The quantitative estimate of drug-likeness (QED) is 0.572. The van der Waals surface area contributed by atoms with Gasteiger partial charge in [-0.15, -0.1) is 0 Å². The number of nitrogens with zero attached hydrogens (tertiary/aromatic N) is 3. The number of aromatic nitrogens is 2. The number of carbonyl (C=O) groups excluding carboxylic acids is 2. The van der Waals surface area contributed by atoms with Crippen LogP contribution in [0.25, 0.3) is 16.9 Å². The van der Waals surface area contributed by atoms with Gasteiger partial charge in [-0.25, -0.2) is 4.68 Å². The number of methoxy groups -OCH3 is 2. The van der Waals surface area contributed by atoms with Crippen LogP contribution >= 0.6 is 0 Å².